The predicted octanol–water partition coefficient (Wildman–Crippen LogP) is 0.0597. The van der Waals surface area contributed by atoms with Gasteiger partial charge in [0.1, 0.15) is 11.7 Å². The Balaban J connectivity index is 2.47. The summed E-state index contributed by atoms with van der Waals surface area (Å²) in [6.45, 7) is -0.282. The number of hydrogen-bond acceptors (Lipinski definition) is 6. The molecule has 0 spiro atoms. The van der Waals surface area contributed by atoms with Gasteiger partial charge in [-0.3, -0.25) is 0 Å². The first-order valence-corrected chi connectivity index (χ1v) is 6.99. The SMILES string of the molecule is OCCC1=CC(O)C(O)(c2cc(O)c(O)cc2CCO)C=C1. The molecule has 6 nitrogen and oxygen atoms in total. The molecular weight excluding hydrogens is 288 g/mol. The van der Waals surface area contributed by atoms with Crippen LogP contribution in [0.25, 0.3) is 0 Å². The lowest BCUT2D eigenvalue weighted by molar-refractivity contribution is -0.0210. The van der Waals surface area contributed by atoms with Gasteiger partial charge in [0, 0.05) is 13.2 Å². The van der Waals surface area contributed by atoms with Crippen molar-refractivity contribution in [3.05, 3.63) is 47.1 Å². The van der Waals surface area contributed by atoms with Crippen molar-refractivity contribution in [3.63, 3.8) is 0 Å². The lowest BCUT2D eigenvalue weighted by Gasteiger charge is -2.34. The topological polar surface area (TPSA) is 121 Å². The number of rotatable bonds is 5. The number of benzene rings is 1. The highest BCUT2D eigenvalue weighted by Crippen LogP contribution is 2.39. The summed E-state index contributed by atoms with van der Waals surface area (Å²) in [5.74, 6) is -0.780. The van der Waals surface area contributed by atoms with Crippen LogP contribution in [0.3, 0.4) is 0 Å². The van der Waals surface area contributed by atoms with Crippen molar-refractivity contribution in [1.29, 1.82) is 0 Å². The summed E-state index contributed by atoms with van der Waals surface area (Å²) in [5.41, 5.74) is -0.469. The molecule has 0 heterocycles. The Morgan fingerprint density at radius 3 is 2.23 bits per heavy atom. The maximum Gasteiger partial charge on any atom is 0.157 e. The molecule has 0 fully saturated rings. The molecule has 120 valence electrons. The smallest absolute Gasteiger partial charge is 0.157 e. The van der Waals surface area contributed by atoms with E-state index in [9.17, 15) is 20.4 Å². The molecule has 1 aromatic rings. The van der Waals surface area contributed by atoms with Crippen LogP contribution in [0.2, 0.25) is 0 Å². The molecule has 0 aromatic heterocycles. The molecular formula is C16H20O6. The second-order valence-corrected chi connectivity index (χ2v) is 5.29. The molecule has 2 atom stereocenters. The van der Waals surface area contributed by atoms with Crippen LogP contribution in [0.5, 0.6) is 11.5 Å². The van der Waals surface area contributed by atoms with Crippen molar-refractivity contribution in [2.45, 2.75) is 24.5 Å². The van der Waals surface area contributed by atoms with Crippen molar-refractivity contribution in [3.8, 4) is 11.5 Å². The molecule has 0 saturated carbocycles. The molecule has 6 heteroatoms. The summed E-state index contributed by atoms with van der Waals surface area (Å²) in [5, 5.41) is 58.4. The van der Waals surface area contributed by atoms with Crippen LogP contribution in [0.15, 0.2) is 35.9 Å². The van der Waals surface area contributed by atoms with Gasteiger partial charge in [0.05, 0.1) is 0 Å². The highest BCUT2D eigenvalue weighted by Gasteiger charge is 2.38. The van der Waals surface area contributed by atoms with E-state index in [1.54, 1.807) is 6.08 Å². The van der Waals surface area contributed by atoms with Gasteiger partial charge in [0.2, 0.25) is 0 Å². The van der Waals surface area contributed by atoms with E-state index < -0.39 is 17.5 Å². The summed E-state index contributed by atoms with van der Waals surface area (Å²) >= 11 is 0. The number of aromatic hydroxyl groups is 2. The zero-order chi connectivity index (χ0) is 16.3. The first-order valence-electron chi connectivity index (χ1n) is 6.99. The van der Waals surface area contributed by atoms with Gasteiger partial charge in [-0.1, -0.05) is 6.08 Å². The molecule has 2 unspecified atom stereocenters. The van der Waals surface area contributed by atoms with E-state index in [2.05, 4.69) is 0 Å². The van der Waals surface area contributed by atoms with Gasteiger partial charge in [-0.05, 0) is 53.8 Å². The Bertz CT molecular complexity index is 607. The average molecular weight is 308 g/mol. The number of phenolic OH excluding ortho intramolecular Hbond substituents is 2. The second-order valence-electron chi connectivity index (χ2n) is 5.29. The quantitative estimate of drug-likeness (QED) is 0.428. The lowest BCUT2D eigenvalue weighted by Crippen LogP contribution is -2.39. The van der Waals surface area contributed by atoms with Crippen LogP contribution < -0.4 is 0 Å². The van der Waals surface area contributed by atoms with Gasteiger partial charge in [0.15, 0.2) is 11.5 Å². The van der Waals surface area contributed by atoms with E-state index in [-0.39, 0.29) is 30.9 Å². The van der Waals surface area contributed by atoms with Gasteiger partial charge in [-0.25, -0.2) is 0 Å². The van der Waals surface area contributed by atoms with Gasteiger partial charge in [-0.15, -0.1) is 0 Å². The predicted molar refractivity (Wildman–Crippen MR) is 79.4 cm³/mol. The molecule has 1 aliphatic carbocycles. The minimum absolute atomic E-state index is 0.0723. The fraction of sp³-hybridized carbons (Fsp3) is 0.375. The summed E-state index contributed by atoms with van der Waals surface area (Å²) in [6.07, 6.45) is 3.64. The molecule has 0 bridgehead atoms. The molecule has 6 N–H and O–H groups in total. The third kappa shape index (κ3) is 3.00. The van der Waals surface area contributed by atoms with E-state index in [4.69, 9.17) is 10.2 Å². The summed E-state index contributed by atoms with van der Waals surface area (Å²) < 4.78 is 0. The van der Waals surface area contributed by atoms with Crippen molar-refractivity contribution >= 4 is 0 Å². The Morgan fingerprint density at radius 2 is 1.64 bits per heavy atom. The van der Waals surface area contributed by atoms with Crippen molar-refractivity contribution in [1.82, 2.24) is 0 Å². The van der Waals surface area contributed by atoms with Crippen LogP contribution in [-0.4, -0.2) is 50.0 Å². The third-order valence-corrected chi connectivity index (χ3v) is 3.79. The fourth-order valence-corrected chi connectivity index (χ4v) is 2.58. The van der Waals surface area contributed by atoms with E-state index in [1.807, 2.05) is 0 Å². The third-order valence-electron chi connectivity index (χ3n) is 3.79. The molecule has 0 radical (unpaired) electrons. The van der Waals surface area contributed by atoms with E-state index >= 15 is 0 Å². The van der Waals surface area contributed by atoms with Gasteiger partial charge in [0.25, 0.3) is 0 Å². The Kier molecular flexibility index (Phi) is 4.87. The van der Waals surface area contributed by atoms with Crippen LogP contribution >= 0.6 is 0 Å². The Hall–Kier alpha value is -1.86. The normalized spacial score (nSPS) is 24.4. The van der Waals surface area contributed by atoms with Gasteiger partial charge in [-0.2, -0.15) is 0 Å². The summed E-state index contributed by atoms with van der Waals surface area (Å²) in [7, 11) is 0. The second kappa shape index (κ2) is 6.50. The zero-order valence-electron chi connectivity index (χ0n) is 12.0. The van der Waals surface area contributed by atoms with E-state index in [1.165, 1.54) is 24.3 Å². The van der Waals surface area contributed by atoms with Crippen LogP contribution in [0.4, 0.5) is 0 Å². The summed E-state index contributed by atoms with van der Waals surface area (Å²) in [6, 6.07) is 2.44. The van der Waals surface area contributed by atoms with E-state index in [0.717, 1.165) is 0 Å². The highest BCUT2D eigenvalue weighted by molar-refractivity contribution is 5.51. The number of aliphatic hydroxyl groups is 4. The maximum absolute atomic E-state index is 10.8. The van der Waals surface area contributed by atoms with Crippen molar-refractivity contribution in [2.24, 2.45) is 0 Å². The summed E-state index contributed by atoms with van der Waals surface area (Å²) in [4.78, 5) is 0. The molecule has 1 aromatic carbocycles. The molecule has 22 heavy (non-hydrogen) atoms. The maximum atomic E-state index is 10.8. The number of allylic oxidation sites excluding steroid dienone is 1. The molecule has 0 amide bonds. The highest BCUT2D eigenvalue weighted by atomic mass is 16.3. The first kappa shape index (κ1) is 16.5. The van der Waals surface area contributed by atoms with Crippen LogP contribution in [0.1, 0.15) is 17.5 Å². The van der Waals surface area contributed by atoms with Gasteiger partial charge >= 0.3 is 0 Å². The molecule has 0 saturated heterocycles. The van der Waals surface area contributed by atoms with Gasteiger partial charge < -0.3 is 30.6 Å². The minimum Gasteiger partial charge on any atom is -0.504 e. The zero-order valence-corrected chi connectivity index (χ0v) is 12.0. The number of hydrogen-bond donors (Lipinski definition) is 6. The fourth-order valence-electron chi connectivity index (χ4n) is 2.58. The standard InChI is InChI=1S/C16H20O6/c17-5-2-10-1-4-16(22,15(21)7-10)12-9-14(20)13(19)8-11(12)3-6-18/h1,4,7-9,15,17-22H,2-3,5-6H2. The number of aliphatic hydroxyl groups excluding tert-OH is 3. The Labute approximate surface area is 127 Å². The minimum atomic E-state index is -1.78. The van der Waals surface area contributed by atoms with Crippen LogP contribution in [-0.2, 0) is 12.0 Å². The average Bonchev–Trinajstić information content (AvgIpc) is 2.47. The van der Waals surface area contributed by atoms with E-state index in [0.29, 0.717) is 17.6 Å². The number of phenols is 2. The van der Waals surface area contributed by atoms with Crippen LogP contribution in [0, 0.1) is 0 Å². The Morgan fingerprint density at radius 1 is 1.00 bits per heavy atom. The molecule has 1 aliphatic rings. The molecule has 0 aliphatic heterocycles. The van der Waals surface area contributed by atoms with Crippen molar-refractivity contribution in [2.75, 3.05) is 13.2 Å². The monoisotopic (exact) mass is 308 g/mol. The first-order chi connectivity index (χ1) is 10.4. The van der Waals surface area contributed by atoms with Crippen molar-refractivity contribution < 1.29 is 30.6 Å². The largest absolute Gasteiger partial charge is 0.504 e. The molecule has 2 rings (SSSR count). The lowest BCUT2D eigenvalue weighted by atomic mass is 9.80.